The van der Waals surface area contributed by atoms with Gasteiger partial charge in [-0.3, -0.25) is 0 Å². The Kier molecular flexibility index (Phi) is 3.81. The van der Waals surface area contributed by atoms with Crippen LogP contribution in [0.25, 0.3) is 11.0 Å². The van der Waals surface area contributed by atoms with E-state index in [4.69, 9.17) is 16.6 Å². The molecule has 1 aromatic carbocycles. The van der Waals surface area contributed by atoms with Crippen LogP contribution in [0.2, 0.25) is 0 Å². The van der Waals surface area contributed by atoms with Crippen LogP contribution in [0.5, 0.6) is 0 Å². The number of hydrogen-bond acceptors (Lipinski definition) is 3. The molecule has 0 radical (unpaired) electrons. The van der Waals surface area contributed by atoms with Gasteiger partial charge in [0.05, 0.1) is 6.26 Å². The Bertz CT molecular complexity index is 524. The van der Waals surface area contributed by atoms with Crippen LogP contribution in [0.3, 0.4) is 0 Å². The Morgan fingerprint density at radius 3 is 3.00 bits per heavy atom. The first-order valence-corrected chi connectivity index (χ1v) is 5.70. The largest absolute Gasteiger partial charge is 0.464 e. The number of nitrogens with two attached hydrogens (primary N) is 1. The van der Waals surface area contributed by atoms with Crippen molar-refractivity contribution < 1.29 is 4.42 Å². The summed E-state index contributed by atoms with van der Waals surface area (Å²) < 4.78 is 5.50. The molecular weight excluding hydrogens is 212 g/mol. The number of para-hydroxylation sites is 1. The number of rotatable bonds is 5. The van der Waals surface area contributed by atoms with Crippen LogP contribution >= 0.6 is 0 Å². The average molecular weight is 228 g/mol. The van der Waals surface area contributed by atoms with Crippen LogP contribution in [-0.2, 0) is 0 Å². The fraction of sp³-hybridized carbons (Fsp3) is 0.286. The molecule has 2 rings (SSSR count). The number of benzene rings is 1. The van der Waals surface area contributed by atoms with E-state index in [9.17, 15) is 0 Å². The molecular formula is C14H16N2O. The maximum atomic E-state index is 5.78. The van der Waals surface area contributed by atoms with Gasteiger partial charge in [0.15, 0.2) is 0 Å². The topological polar surface area (TPSA) is 51.2 Å². The fourth-order valence-electron chi connectivity index (χ4n) is 1.91. The Morgan fingerprint density at radius 1 is 1.41 bits per heavy atom. The second kappa shape index (κ2) is 5.53. The van der Waals surface area contributed by atoms with E-state index in [0.29, 0.717) is 13.0 Å². The SMILES string of the molecule is C#CCCNC(CN)c1coc2ccccc12. The van der Waals surface area contributed by atoms with E-state index in [1.54, 1.807) is 6.26 Å². The molecule has 0 amide bonds. The zero-order valence-corrected chi connectivity index (χ0v) is 9.65. The number of hydrogen-bond donors (Lipinski definition) is 2. The monoisotopic (exact) mass is 228 g/mol. The van der Waals surface area contributed by atoms with Crippen LogP contribution in [0.15, 0.2) is 34.9 Å². The second-order valence-electron chi connectivity index (χ2n) is 3.88. The second-order valence-corrected chi connectivity index (χ2v) is 3.88. The van der Waals surface area contributed by atoms with Crippen molar-refractivity contribution in [2.24, 2.45) is 5.73 Å². The highest BCUT2D eigenvalue weighted by Crippen LogP contribution is 2.25. The standard InChI is InChI=1S/C14H16N2O/c1-2-3-8-16-13(9-15)12-10-17-14-7-5-4-6-11(12)14/h1,4-7,10,13,16H,3,8-9,15H2. The number of nitrogens with one attached hydrogen (secondary N) is 1. The van der Waals surface area contributed by atoms with Crippen LogP contribution < -0.4 is 11.1 Å². The maximum absolute atomic E-state index is 5.78. The first-order valence-electron chi connectivity index (χ1n) is 5.70. The number of terminal acetylenes is 1. The van der Waals surface area contributed by atoms with Crippen molar-refractivity contribution in [1.82, 2.24) is 5.32 Å². The predicted octanol–water partition coefficient (Wildman–Crippen LogP) is 2.05. The lowest BCUT2D eigenvalue weighted by atomic mass is 10.1. The number of furan rings is 1. The molecule has 3 N–H and O–H groups in total. The normalized spacial score (nSPS) is 12.5. The summed E-state index contributed by atoms with van der Waals surface area (Å²) in [5, 5.41) is 4.44. The smallest absolute Gasteiger partial charge is 0.134 e. The van der Waals surface area contributed by atoms with Gasteiger partial charge in [-0.1, -0.05) is 18.2 Å². The summed E-state index contributed by atoms with van der Waals surface area (Å²) in [6.07, 6.45) is 7.70. The van der Waals surface area contributed by atoms with Crippen molar-refractivity contribution in [2.45, 2.75) is 12.5 Å². The highest BCUT2D eigenvalue weighted by molar-refractivity contribution is 5.81. The lowest BCUT2D eigenvalue weighted by Crippen LogP contribution is -2.28. The summed E-state index contributed by atoms with van der Waals surface area (Å²) >= 11 is 0. The lowest BCUT2D eigenvalue weighted by Gasteiger charge is -2.14. The molecule has 0 bridgehead atoms. The maximum Gasteiger partial charge on any atom is 0.134 e. The summed E-state index contributed by atoms with van der Waals surface area (Å²) in [5.41, 5.74) is 7.77. The van der Waals surface area contributed by atoms with E-state index in [-0.39, 0.29) is 6.04 Å². The zero-order valence-electron chi connectivity index (χ0n) is 9.65. The minimum Gasteiger partial charge on any atom is -0.464 e. The van der Waals surface area contributed by atoms with Gasteiger partial charge >= 0.3 is 0 Å². The van der Waals surface area contributed by atoms with Crippen LogP contribution in [0.1, 0.15) is 18.0 Å². The molecule has 0 fully saturated rings. The van der Waals surface area contributed by atoms with E-state index in [1.807, 2.05) is 24.3 Å². The summed E-state index contributed by atoms with van der Waals surface area (Å²) in [6.45, 7) is 1.28. The zero-order chi connectivity index (χ0) is 12.1. The highest BCUT2D eigenvalue weighted by Gasteiger charge is 2.14. The molecule has 2 aromatic rings. The van der Waals surface area contributed by atoms with Gasteiger partial charge in [-0.15, -0.1) is 12.3 Å². The molecule has 0 aliphatic carbocycles. The Hall–Kier alpha value is -1.76. The Labute approximate surface area is 101 Å². The van der Waals surface area contributed by atoms with Gasteiger partial charge in [0.2, 0.25) is 0 Å². The third kappa shape index (κ3) is 2.50. The van der Waals surface area contributed by atoms with E-state index >= 15 is 0 Å². The Morgan fingerprint density at radius 2 is 2.24 bits per heavy atom. The molecule has 1 unspecified atom stereocenters. The van der Waals surface area contributed by atoms with E-state index in [0.717, 1.165) is 23.1 Å². The van der Waals surface area contributed by atoms with Crippen molar-refractivity contribution in [1.29, 1.82) is 0 Å². The molecule has 3 heteroatoms. The van der Waals surface area contributed by atoms with Gasteiger partial charge in [0, 0.05) is 36.5 Å². The molecule has 0 saturated carbocycles. The first-order chi connectivity index (χ1) is 8.36. The molecule has 88 valence electrons. The molecule has 0 saturated heterocycles. The van der Waals surface area contributed by atoms with Crippen molar-refractivity contribution in [3.8, 4) is 12.3 Å². The molecule has 3 nitrogen and oxygen atoms in total. The van der Waals surface area contributed by atoms with E-state index in [2.05, 4.69) is 11.2 Å². The van der Waals surface area contributed by atoms with Crippen molar-refractivity contribution in [3.63, 3.8) is 0 Å². The molecule has 17 heavy (non-hydrogen) atoms. The predicted molar refractivity (Wildman–Crippen MR) is 69.5 cm³/mol. The first kappa shape index (κ1) is 11.7. The average Bonchev–Trinajstić information content (AvgIpc) is 2.79. The van der Waals surface area contributed by atoms with E-state index in [1.165, 1.54) is 0 Å². The van der Waals surface area contributed by atoms with Crippen LogP contribution in [-0.4, -0.2) is 13.1 Å². The molecule has 1 atom stereocenters. The lowest BCUT2D eigenvalue weighted by molar-refractivity contribution is 0.537. The van der Waals surface area contributed by atoms with Crippen LogP contribution in [0.4, 0.5) is 0 Å². The summed E-state index contributed by atoms with van der Waals surface area (Å²) in [4.78, 5) is 0. The van der Waals surface area contributed by atoms with Gasteiger partial charge in [0.1, 0.15) is 5.58 Å². The van der Waals surface area contributed by atoms with Crippen molar-refractivity contribution in [3.05, 3.63) is 36.1 Å². The number of fused-ring (bicyclic) bond motifs is 1. The minimum absolute atomic E-state index is 0.0898. The molecule has 0 aliphatic heterocycles. The summed E-state index contributed by atoms with van der Waals surface area (Å²) in [7, 11) is 0. The van der Waals surface area contributed by atoms with Crippen molar-refractivity contribution in [2.75, 3.05) is 13.1 Å². The van der Waals surface area contributed by atoms with Gasteiger partial charge in [-0.25, -0.2) is 0 Å². The third-order valence-corrected chi connectivity index (χ3v) is 2.78. The summed E-state index contributed by atoms with van der Waals surface area (Å²) in [5.74, 6) is 2.60. The van der Waals surface area contributed by atoms with Gasteiger partial charge in [0.25, 0.3) is 0 Å². The minimum atomic E-state index is 0.0898. The summed E-state index contributed by atoms with van der Waals surface area (Å²) in [6, 6.07) is 8.04. The third-order valence-electron chi connectivity index (χ3n) is 2.78. The quantitative estimate of drug-likeness (QED) is 0.608. The molecule has 1 aromatic heterocycles. The molecule has 1 heterocycles. The molecule has 0 spiro atoms. The van der Waals surface area contributed by atoms with Crippen LogP contribution in [0, 0.1) is 12.3 Å². The molecule has 0 aliphatic rings. The van der Waals surface area contributed by atoms with Gasteiger partial charge in [-0.05, 0) is 6.07 Å². The van der Waals surface area contributed by atoms with Gasteiger partial charge in [-0.2, -0.15) is 0 Å². The van der Waals surface area contributed by atoms with Crippen molar-refractivity contribution >= 4 is 11.0 Å². The highest BCUT2D eigenvalue weighted by atomic mass is 16.3. The fourth-order valence-corrected chi connectivity index (χ4v) is 1.91. The Balaban J connectivity index is 2.21. The van der Waals surface area contributed by atoms with E-state index < -0.39 is 0 Å². The van der Waals surface area contributed by atoms with Gasteiger partial charge < -0.3 is 15.5 Å².